The zero-order valence-electron chi connectivity index (χ0n) is 7.83. The quantitative estimate of drug-likeness (QED) is 0.282. The highest BCUT2D eigenvalue weighted by molar-refractivity contribution is 5.84. The number of aliphatic imine (C=N–C) groups is 1. The summed E-state index contributed by atoms with van der Waals surface area (Å²) in [5.41, 5.74) is 2.71. The van der Waals surface area contributed by atoms with Crippen LogP contribution in [-0.2, 0) is 4.74 Å². The van der Waals surface area contributed by atoms with E-state index in [1.807, 2.05) is 0 Å². The van der Waals surface area contributed by atoms with Crippen LogP contribution >= 0.6 is 0 Å². The molecule has 0 amide bonds. The van der Waals surface area contributed by atoms with E-state index in [0.717, 1.165) is 31.9 Å². The molecule has 0 aromatic rings. The maximum atomic E-state index is 5.44. The lowest BCUT2D eigenvalue weighted by atomic mass is 10.0. The van der Waals surface area contributed by atoms with Gasteiger partial charge in [-0.2, -0.15) is 0 Å². The van der Waals surface area contributed by atoms with Crippen molar-refractivity contribution in [2.45, 2.75) is 31.7 Å². The van der Waals surface area contributed by atoms with Crippen LogP contribution in [0.1, 0.15) is 25.7 Å². The van der Waals surface area contributed by atoms with Gasteiger partial charge in [-0.25, -0.2) is 5.84 Å². The fourth-order valence-corrected chi connectivity index (χ4v) is 1.62. The summed E-state index contributed by atoms with van der Waals surface area (Å²) in [5, 5.41) is 0. The molecule has 0 spiro atoms. The monoisotopic (exact) mass is 183 g/mol. The summed E-state index contributed by atoms with van der Waals surface area (Å²) in [6, 6.07) is 0.535. The third-order valence-electron chi connectivity index (χ3n) is 2.56. The van der Waals surface area contributed by atoms with Gasteiger partial charge in [0.1, 0.15) is 5.84 Å². The highest BCUT2D eigenvalue weighted by Gasteiger charge is 2.25. The molecule has 1 atom stereocenters. The molecule has 74 valence electrons. The topological polar surface area (TPSA) is 59.6 Å². The highest BCUT2D eigenvalue weighted by Crippen LogP contribution is 2.25. The molecule has 0 aromatic heterocycles. The number of nitrogens with two attached hydrogens (primary N) is 1. The second-order valence-electron chi connectivity index (χ2n) is 3.80. The molecule has 1 aliphatic heterocycles. The van der Waals surface area contributed by atoms with Gasteiger partial charge in [0.15, 0.2) is 0 Å². The molecule has 13 heavy (non-hydrogen) atoms. The van der Waals surface area contributed by atoms with Crippen LogP contribution in [0.5, 0.6) is 0 Å². The first kappa shape index (κ1) is 8.97. The van der Waals surface area contributed by atoms with Gasteiger partial charge in [0.2, 0.25) is 0 Å². The van der Waals surface area contributed by atoms with Crippen LogP contribution in [0.3, 0.4) is 0 Å². The van der Waals surface area contributed by atoms with Crippen LogP contribution in [0.15, 0.2) is 4.99 Å². The van der Waals surface area contributed by atoms with E-state index in [1.165, 1.54) is 12.8 Å². The Morgan fingerprint density at radius 1 is 1.38 bits per heavy atom. The molecule has 1 aliphatic carbocycles. The van der Waals surface area contributed by atoms with Gasteiger partial charge in [-0.1, -0.05) is 0 Å². The van der Waals surface area contributed by atoms with Gasteiger partial charge in [0.25, 0.3) is 0 Å². The summed E-state index contributed by atoms with van der Waals surface area (Å²) in [7, 11) is 0. The Morgan fingerprint density at radius 3 is 2.77 bits per heavy atom. The van der Waals surface area contributed by atoms with Gasteiger partial charge >= 0.3 is 0 Å². The molecule has 0 aromatic carbocycles. The standard InChI is InChI=1S/C9H17N3O/c10-12-9(11-8-3-4-8)7-2-1-5-13-6-7/h7-8H,1-6,10H2,(H,11,12). The van der Waals surface area contributed by atoms with Crippen molar-refractivity contribution in [3.05, 3.63) is 0 Å². The first-order valence-corrected chi connectivity index (χ1v) is 5.02. The van der Waals surface area contributed by atoms with E-state index in [9.17, 15) is 0 Å². The molecule has 2 rings (SSSR count). The molecular formula is C9H17N3O. The first-order chi connectivity index (χ1) is 6.40. The summed E-state index contributed by atoms with van der Waals surface area (Å²) in [6.45, 7) is 1.66. The van der Waals surface area contributed by atoms with Crippen LogP contribution in [0.4, 0.5) is 0 Å². The number of hydrogen-bond acceptors (Lipinski definition) is 3. The van der Waals surface area contributed by atoms with Crippen molar-refractivity contribution in [2.75, 3.05) is 13.2 Å². The van der Waals surface area contributed by atoms with E-state index in [-0.39, 0.29) is 0 Å². The predicted octanol–water partition coefficient (Wildman–Crippen LogP) is 0.437. The summed E-state index contributed by atoms with van der Waals surface area (Å²) >= 11 is 0. The molecule has 0 bridgehead atoms. The fourth-order valence-electron chi connectivity index (χ4n) is 1.62. The Morgan fingerprint density at radius 2 is 2.23 bits per heavy atom. The lowest BCUT2D eigenvalue weighted by Gasteiger charge is -2.23. The predicted molar refractivity (Wildman–Crippen MR) is 51.3 cm³/mol. The molecule has 0 radical (unpaired) electrons. The molecule has 1 saturated carbocycles. The number of nitrogens with one attached hydrogen (secondary N) is 1. The van der Waals surface area contributed by atoms with Crippen LogP contribution < -0.4 is 11.3 Å². The Balaban J connectivity index is 1.93. The Labute approximate surface area is 78.5 Å². The molecule has 1 unspecified atom stereocenters. The van der Waals surface area contributed by atoms with Gasteiger partial charge in [0.05, 0.1) is 12.6 Å². The van der Waals surface area contributed by atoms with Crippen molar-refractivity contribution in [1.82, 2.24) is 5.43 Å². The number of rotatable bonds is 2. The summed E-state index contributed by atoms with van der Waals surface area (Å²) in [4.78, 5) is 4.53. The van der Waals surface area contributed by atoms with Crippen LogP contribution in [0.2, 0.25) is 0 Å². The third-order valence-corrected chi connectivity index (χ3v) is 2.56. The van der Waals surface area contributed by atoms with Gasteiger partial charge in [0, 0.05) is 12.5 Å². The minimum Gasteiger partial charge on any atom is -0.381 e. The fraction of sp³-hybridized carbons (Fsp3) is 0.889. The second-order valence-corrected chi connectivity index (χ2v) is 3.80. The summed E-state index contributed by atoms with van der Waals surface area (Å²) in [5.74, 6) is 6.79. The van der Waals surface area contributed by atoms with Crippen LogP contribution in [-0.4, -0.2) is 25.1 Å². The lowest BCUT2D eigenvalue weighted by Crippen LogP contribution is -2.40. The molecule has 4 heteroatoms. The van der Waals surface area contributed by atoms with E-state index in [0.29, 0.717) is 12.0 Å². The van der Waals surface area contributed by atoms with E-state index in [1.54, 1.807) is 0 Å². The number of hydrogen-bond donors (Lipinski definition) is 2. The van der Waals surface area contributed by atoms with Gasteiger partial charge in [-0.05, 0) is 25.7 Å². The van der Waals surface area contributed by atoms with Gasteiger partial charge < -0.3 is 10.2 Å². The lowest BCUT2D eigenvalue weighted by molar-refractivity contribution is 0.0758. The summed E-state index contributed by atoms with van der Waals surface area (Å²) in [6.07, 6.45) is 4.71. The van der Waals surface area contributed by atoms with Gasteiger partial charge in [-0.15, -0.1) is 0 Å². The average molecular weight is 183 g/mol. The third kappa shape index (κ3) is 2.42. The van der Waals surface area contributed by atoms with Gasteiger partial charge in [-0.3, -0.25) is 4.99 Å². The van der Waals surface area contributed by atoms with E-state index >= 15 is 0 Å². The van der Waals surface area contributed by atoms with Crippen molar-refractivity contribution in [2.24, 2.45) is 16.8 Å². The van der Waals surface area contributed by atoms with E-state index in [4.69, 9.17) is 10.6 Å². The van der Waals surface area contributed by atoms with Crippen molar-refractivity contribution in [1.29, 1.82) is 0 Å². The Bertz CT molecular complexity index is 195. The molecule has 1 heterocycles. The highest BCUT2D eigenvalue weighted by atomic mass is 16.5. The van der Waals surface area contributed by atoms with E-state index in [2.05, 4.69) is 10.4 Å². The number of hydrazine groups is 1. The zero-order valence-corrected chi connectivity index (χ0v) is 7.83. The number of nitrogens with zero attached hydrogens (tertiary/aromatic N) is 1. The van der Waals surface area contributed by atoms with Crippen molar-refractivity contribution >= 4 is 5.84 Å². The summed E-state index contributed by atoms with van der Waals surface area (Å²) < 4.78 is 5.39. The molecule has 2 fully saturated rings. The number of ether oxygens (including phenoxy) is 1. The molecule has 2 aliphatic rings. The van der Waals surface area contributed by atoms with Crippen molar-refractivity contribution in [3.8, 4) is 0 Å². The maximum absolute atomic E-state index is 5.44. The molecular weight excluding hydrogens is 166 g/mol. The smallest absolute Gasteiger partial charge is 0.116 e. The van der Waals surface area contributed by atoms with Crippen molar-refractivity contribution in [3.63, 3.8) is 0 Å². The molecule has 3 N–H and O–H groups in total. The van der Waals surface area contributed by atoms with Crippen LogP contribution in [0.25, 0.3) is 0 Å². The maximum Gasteiger partial charge on any atom is 0.116 e. The largest absolute Gasteiger partial charge is 0.381 e. The van der Waals surface area contributed by atoms with Crippen molar-refractivity contribution < 1.29 is 4.74 Å². The first-order valence-electron chi connectivity index (χ1n) is 5.02. The minimum absolute atomic E-state index is 0.402. The Kier molecular flexibility index (Phi) is 2.80. The van der Waals surface area contributed by atoms with Crippen LogP contribution in [0, 0.1) is 5.92 Å². The minimum atomic E-state index is 0.402. The molecule has 4 nitrogen and oxygen atoms in total. The number of amidine groups is 1. The normalized spacial score (nSPS) is 30.2. The van der Waals surface area contributed by atoms with E-state index < -0.39 is 0 Å². The zero-order chi connectivity index (χ0) is 9.10. The SMILES string of the molecule is NNC(=NC1CC1)C1CCCOC1. The average Bonchev–Trinajstić information content (AvgIpc) is 2.99. The Hall–Kier alpha value is -0.610. The molecule has 1 saturated heterocycles. The second kappa shape index (κ2) is 4.07.